The lowest BCUT2D eigenvalue weighted by Gasteiger charge is -2.35. The van der Waals surface area contributed by atoms with Crippen molar-refractivity contribution in [3.05, 3.63) is 45.2 Å². The van der Waals surface area contributed by atoms with Crippen LogP contribution in [-0.4, -0.2) is 53.5 Å². The zero-order valence-corrected chi connectivity index (χ0v) is 18.0. The van der Waals surface area contributed by atoms with Gasteiger partial charge in [0, 0.05) is 62.9 Å². The number of hydrogen-bond donors (Lipinski definition) is 0. The lowest BCUT2D eigenvalue weighted by Crippen LogP contribution is -2.49. The highest BCUT2D eigenvalue weighted by Gasteiger charge is 2.22. The molecule has 0 spiro atoms. The number of piperazine rings is 1. The van der Waals surface area contributed by atoms with Crippen LogP contribution < -0.4 is 4.90 Å². The minimum atomic E-state index is -0.0380. The molecule has 154 valence electrons. The van der Waals surface area contributed by atoms with Crippen molar-refractivity contribution < 1.29 is 14.4 Å². The number of anilines is 1. The first-order valence-corrected chi connectivity index (χ1v) is 10.9. The molecule has 0 atom stereocenters. The van der Waals surface area contributed by atoms with E-state index in [1.54, 1.807) is 23.2 Å². The van der Waals surface area contributed by atoms with Gasteiger partial charge in [0.05, 0.1) is 9.90 Å². The van der Waals surface area contributed by atoms with E-state index >= 15 is 0 Å². The van der Waals surface area contributed by atoms with Crippen molar-refractivity contribution >= 4 is 46.2 Å². The number of pyridine rings is 1. The average molecular weight is 434 g/mol. The Kier molecular flexibility index (Phi) is 7.39. The number of carbonyl (C=O) groups excluding carboxylic acids is 3. The molecule has 0 saturated carbocycles. The Morgan fingerprint density at radius 1 is 1.00 bits per heavy atom. The molecule has 6 nitrogen and oxygen atoms in total. The fourth-order valence-electron chi connectivity index (χ4n) is 3.23. The molecule has 1 amide bonds. The number of hydrogen-bond acceptors (Lipinski definition) is 6. The van der Waals surface area contributed by atoms with Crippen LogP contribution in [0.15, 0.2) is 30.5 Å². The summed E-state index contributed by atoms with van der Waals surface area (Å²) in [5.74, 6) is 0.795. The van der Waals surface area contributed by atoms with Crippen LogP contribution in [0.3, 0.4) is 0 Å². The normalized spacial score (nSPS) is 14.1. The van der Waals surface area contributed by atoms with Gasteiger partial charge in [-0.15, -0.1) is 11.3 Å². The van der Waals surface area contributed by atoms with Gasteiger partial charge in [0.15, 0.2) is 5.78 Å². The first-order valence-electron chi connectivity index (χ1n) is 9.68. The maximum Gasteiger partial charge on any atom is 0.223 e. The summed E-state index contributed by atoms with van der Waals surface area (Å²) >= 11 is 7.31. The molecule has 1 aliphatic heterocycles. The number of carbonyl (C=O) groups is 3. The Morgan fingerprint density at radius 3 is 2.34 bits per heavy atom. The Morgan fingerprint density at radius 2 is 1.72 bits per heavy atom. The molecule has 2 aromatic rings. The maximum atomic E-state index is 12.4. The molecule has 8 heteroatoms. The fraction of sp³-hybridized carbons (Fsp3) is 0.429. The number of nitrogens with zero attached hydrogens (tertiary/aromatic N) is 3. The van der Waals surface area contributed by atoms with Crippen LogP contribution in [0.25, 0.3) is 0 Å². The number of rotatable bonds is 8. The van der Waals surface area contributed by atoms with E-state index in [0.717, 1.165) is 10.7 Å². The van der Waals surface area contributed by atoms with Crippen molar-refractivity contribution in [2.24, 2.45) is 0 Å². The minimum absolute atomic E-state index is 0.00490. The van der Waals surface area contributed by atoms with Gasteiger partial charge in [-0.3, -0.25) is 14.4 Å². The number of Topliss-reactive ketones (excluding diaryl/α,β-unsaturated/α-hetero) is 2. The van der Waals surface area contributed by atoms with Crippen molar-refractivity contribution in [1.82, 2.24) is 9.88 Å². The number of aromatic nitrogens is 1. The van der Waals surface area contributed by atoms with Crippen LogP contribution in [0, 0.1) is 6.92 Å². The molecule has 0 aliphatic carbocycles. The van der Waals surface area contributed by atoms with Crippen LogP contribution >= 0.6 is 22.9 Å². The molecule has 0 N–H and O–H groups in total. The highest BCUT2D eigenvalue weighted by molar-refractivity contribution is 7.14. The molecule has 1 aliphatic rings. The van der Waals surface area contributed by atoms with E-state index < -0.39 is 0 Å². The Hall–Kier alpha value is -2.25. The van der Waals surface area contributed by atoms with E-state index in [1.165, 1.54) is 11.3 Å². The SMILES string of the molecule is Cc1ccc(C(=O)CCC(=O)CCC(=O)N2CCN(c3ccc(Cl)cn3)CC2)s1. The third-order valence-corrected chi connectivity index (χ3v) is 6.20. The van der Waals surface area contributed by atoms with Gasteiger partial charge in [-0.05, 0) is 31.2 Å². The van der Waals surface area contributed by atoms with Crippen molar-refractivity contribution in [2.75, 3.05) is 31.1 Å². The van der Waals surface area contributed by atoms with Gasteiger partial charge >= 0.3 is 0 Å². The predicted octanol–water partition coefficient (Wildman–Crippen LogP) is 3.77. The molecule has 3 heterocycles. The highest BCUT2D eigenvalue weighted by atomic mass is 35.5. The Bertz CT molecular complexity index is 874. The molecule has 3 rings (SSSR count). The third-order valence-electron chi connectivity index (χ3n) is 4.93. The first-order chi connectivity index (χ1) is 13.9. The number of amides is 1. The second-order valence-corrected chi connectivity index (χ2v) is 8.80. The molecule has 0 bridgehead atoms. The van der Waals surface area contributed by atoms with Crippen molar-refractivity contribution in [3.8, 4) is 0 Å². The molecule has 29 heavy (non-hydrogen) atoms. The smallest absolute Gasteiger partial charge is 0.223 e. The topological polar surface area (TPSA) is 70.6 Å². The van der Waals surface area contributed by atoms with Gasteiger partial charge < -0.3 is 9.80 Å². The molecular formula is C21H24ClN3O3S. The van der Waals surface area contributed by atoms with Crippen molar-refractivity contribution in [3.63, 3.8) is 0 Å². The van der Waals surface area contributed by atoms with Gasteiger partial charge in [0.2, 0.25) is 5.91 Å². The number of ketones is 2. The Balaban J connectivity index is 1.36. The molecule has 0 aromatic carbocycles. The number of aryl methyl sites for hydroxylation is 1. The van der Waals surface area contributed by atoms with Crippen LogP contribution in [0.2, 0.25) is 5.02 Å². The third kappa shape index (κ3) is 6.11. The summed E-state index contributed by atoms with van der Waals surface area (Å²) in [5.41, 5.74) is 0. The summed E-state index contributed by atoms with van der Waals surface area (Å²) in [7, 11) is 0. The lowest BCUT2D eigenvalue weighted by atomic mass is 10.1. The predicted molar refractivity (Wildman–Crippen MR) is 115 cm³/mol. The summed E-state index contributed by atoms with van der Waals surface area (Å²) in [6, 6.07) is 7.38. The summed E-state index contributed by atoms with van der Waals surface area (Å²) in [6.45, 7) is 4.55. The minimum Gasteiger partial charge on any atom is -0.353 e. The summed E-state index contributed by atoms with van der Waals surface area (Å²) in [6.07, 6.45) is 2.40. The second-order valence-electron chi connectivity index (χ2n) is 7.07. The monoisotopic (exact) mass is 433 g/mol. The van der Waals surface area contributed by atoms with E-state index in [4.69, 9.17) is 11.6 Å². The van der Waals surface area contributed by atoms with E-state index in [9.17, 15) is 14.4 Å². The average Bonchev–Trinajstić information content (AvgIpc) is 3.17. The van der Waals surface area contributed by atoms with Crippen LogP contribution in [0.5, 0.6) is 0 Å². The quantitative estimate of drug-likeness (QED) is 0.592. The van der Waals surface area contributed by atoms with Crippen LogP contribution in [0.1, 0.15) is 40.2 Å². The molecule has 2 aromatic heterocycles. The van der Waals surface area contributed by atoms with Gasteiger partial charge in [0.25, 0.3) is 0 Å². The summed E-state index contributed by atoms with van der Waals surface area (Å²) in [5, 5.41) is 0.597. The summed E-state index contributed by atoms with van der Waals surface area (Å²) in [4.78, 5) is 46.6. The maximum absolute atomic E-state index is 12.4. The molecule has 1 fully saturated rings. The number of halogens is 1. The largest absolute Gasteiger partial charge is 0.353 e. The van der Waals surface area contributed by atoms with E-state index in [0.29, 0.717) is 36.1 Å². The molecular weight excluding hydrogens is 410 g/mol. The zero-order valence-electron chi connectivity index (χ0n) is 16.4. The van der Waals surface area contributed by atoms with Crippen molar-refractivity contribution in [1.29, 1.82) is 0 Å². The highest BCUT2D eigenvalue weighted by Crippen LogP contribution is 2.19. The zero-order chi connectivity index (χ0) is 20.8. The van der Waals surface area contributed by atoms with E-state index in [-0.39, 0.29) is 43.2 Å². The number of thiophene rings is 1. The molecule has 1 saturated heterocycles. The molecule has 0 radical (unpaired) electrons. The van der Waals surface area contributed by atoms with Gasteiger partial charge in [-0.25, -0.2) is 4.98 Å². The summed E-state index contributed by atoms with van der Waals surface area (Å²) < 4.78 is 0. The Labute approximate surface area is 179 Å². The molecule has 0 unspecified atom stereocenters. The van der Waals surface area contributed by atoms with Gasteiger partial charge in [-0.2, -0.15) is 0 Å². The fourth-order valence-corrected chi connectivity index (χ4v) is 4.18. The lowest BCUT2D eigenvalue weighted by molar-refractivity contribution is -0.133. The first kappa shape index (κ1) is 21.5. The standard InChI is InChI=1S/C21H24ClN3O3S/c1-15-2-7-19(29-15)18(27)6-4-17(26)5-9-21(28)25-12-10-24(11-13-25)20-8-3-16(22)14-23-20/h2-3,7-8,14H,4-6,9-13H2,1H3. The van der Waals surface area contributed by atoms with Crippen LogP contribution in [0.4, 0.5) is 5.82 Å². The second kappa shape index (κ2) is 9.98. The van der Waals surface area contributed by atoms with Crippen molar-refractivity contribution in [2.45, 2.75) is 32.6 Å². The van der Waals surface area contributed by atoms with E-state index in [1.807, 2.05) is 19.1 Å². The van der Waals surface area contributed by atoms with Gasteiger partial charge in [-0.1, -0.05) is 11.6 Å². The van der Waals surface area contributed by atoms with Crippen LogP contribution in [-0.2, 0) is 9.59 Å². The van der Waals surface area contributed by atoms with Gasteiger partial charge in [0.1, 0.15) is 11.6 Å². The van der Waals surface area contributed by atoms with E-state index in [2.05, 4.69) is 9.88 Å².